The molecule has 0 aromatic heterocycles. The fraction of sp³-hybridized carbons (Fsp3) is 0.294. The number of phenols is 1. The molecule has 0 aliphatic heterocycles. The van der Waals surface area contributed by atoms with E-state index in [0.717, 1.165) is 6.42 Å². The average molecular weight is 324 g/mol. The average Bonchev–Trinajstić information content (AvgIpc) is 2.44. The molecule has 2 aromatic rings. The van der Waals surface area contributed by atoms with Gasteiger partial charge in [0.15, 0.2) is 0 Å². The fourth-order valence-electron chi connectivity index (χ4n) is 2.28. The van der Waals surface area contributed by atoms with E-state index in [4.69, 9.17) is 23.2 Å². The van der Waals surface area contributed by atoms with Crippen LogP contribution in [-0.4, -0.2) is 11.1 Å². The summed E-state index contributed by atoms with van der Waals surface area (Å²) < 4.78 is 0. The van der Waals surface area contributed by atoms with Crippen LogP contribution in [-0.2, 0) is 13.0 Å². The normalized spacial score (nSPS) is 12.4. The first kappa shape index (κ1) is 16.2. The highest BCUT2D eigenvalue weighted by Crippen LogP contribution is 2.31. The first-order valence-corrected chi connectivity index (χ1v) is 7.67. The van der Waals surface area contributed by atoms with Crippen molar-refractivity contribution < 1.29 is 5.11 Å². The highest BCUT2D eigenvalue weighted by atomic mass is 35.5. The van der Waals surface area contributed by atoms with Crippen LogP contribution in [0.2, 0.25) is 10.0 Å². The van der Waals surface area contributed by atoms with E-state index in [9.17, 15) is 5.11 Å². The number of phenolic OH excluding ortho intramolecular Hbond substituents is 1. The van der Waals surface area contributed by atoms with Crippen LogP contribution in [0.25, 0.3) is 0 Å². The van der Waals surface area contributed by atoms with Crippen molar-refractivity contribution in [2.45, 2.75) is 32.9 Å². The number of halogens is 2. The number of aryl methyl sites for hydroxylation is 1. The monoisotopic (exact) mass is 323 g/mol. The Hall–Kier alpha value is -1.22. The van der Waals surface area contributed by atoms with Crippen molar-refractivity contribution in [3.8, 4) is 5.75 Å². The van der Waals surface area contributed by atoms with E-state index in [1.165, 1.54) is 11.1 Å². The van der Waals surface area contributed by atoms with Crippen molar-refractivity contribution in [3.05, 3.63) is 63.1 Å². The van der Waals surface area contributed by atoms with E-state index in [1.54, 1.807) is 12.1 Å². The van der Waals surface area contributed by atoms with Crippen LogP contribution < -0.4 is 5.32 Å². The second kappa shape index (κ2) is 7.17. The number of rotatable bonds is 5. The smallest absolute Gasteiger partial charge is 0.138 e. The standard InChI is InChI=1S/C17H19Cl2NO/c1-11-5-3-4-6-13(11)7-12(2)20-10-14-8-15(18)9-16(19)17(14)21/h3-6,8-9,12,20-21H,7,10H2,1-2H3. The molecule has 4 heteroatoms. The quantitative estimate of drug-likeness (QED) is 0.833. The molecule has 21 heavy (non-hydrogen) atoms. The second-order valence-corrected chi connectivity index (χ2v) is 6.15. The Balaban J connectivity index is 1.99. The maximum absolute atomic E-state index is 9.94. The molecule has 0 spiro atoms. The lowest BCUT2D eigenvalue weighted by Gasteiger charge is -2.16. The zero-order valence-corrected chi connectivity index (χ0v) is 13.7. The lowest BCUT2D eigenvalue weighted by Crippen LogP contribution is -2.27. The van der Waals surface area contributed by atoms with Crippen LogP contribution in [0.3, 0.4) is 0 Å². The van der Waals surface area contributed by atoms with Crippen molar-refractivity contribution >= 4 is 23.2 Å². The van der Waals surface area contributed by atoms with Crippen LogP contribution in [0.4, 0.5) is 0 Å². The van der Waals surface area contributed by atoms with Crippen LogP contribution in [0.5, 0.6) is 5.75 Å². The summed E-state index contributed by atoms with van der Waals surface area (Å²) in [6.07, 6.45) is 0.932. The summed E-state index contributed by atoms with van der Waals surface area (Å²) in [6, 6.07) is 11.9. The molecule has 1 atom stereocenters. The Bertz CT molecular complexity index is 628. The number of aromatic hydroxyl groups is 1. The van der Waals surface area contributed by atoms with Gasteiger partial charge in [-0.25, -0.2) is 0 Å². The van der Waals surface area contributed by atoms with E-state index in [-0.39, 0.29) is 16.8 Å². The van der Waals surface area contributed by atoms with Crippen molar-refractivity contribution in [1.29, 1.82) is 0 Å². The molecule has 0 saturated heterocycles. The second-order valence-electron chi connectivity index (χ2n) is 5.31. The van der Waals surface area contributed by atoms with E-state index in [1.807, 2.05) is 6.07 Å². The van der Waals surface area contributed by atoms with Gasteiger partial charge in [-0.05, 0) is 43.5 Å². The van der Waals surface area contributed by atoms with E-state index < -0.39 is 0 Å². The topological polar surface area (TPSA) is 32.3 Å². The molecule has 2 aromatic carbocycles. The largest absolute Gasteiger partial charge is 0.506 e. The first-order valence-electron chi connectivity index (χ1n) is 6.92. The van der Waals surface area contributed by atoms with Gasteiger partial charge in [0.2, 0.25) is 0 Å². The number of hydrogen-bond donors (Lipinski definition) is 2. The Morgan fingerprint density at radius 1 is 1.14 bits per heavy atom. The molecule has 0 heterocycles. The van der Waals surface area contributed by atoms with Crippen molar-refractivity contribution in [1.82, 2.24) is 5.32 Å². The minimum absolute atomic E-state index is 0.0941. The minimum atomic E-state index is 0.0941. The summed E-state index contributed by atoms with van der Waals surface area (Å²) in [6.45, 7) is 4.76. The number of hydrogen-bond acceptors (Lipinski definition) is 2. The molecule has 112 valence electrons. The molecule has 0 aliphatic rings. The molecule has 2 nitrogen and oxygen atoms in total. The Morgan fingerprint density at radius 2 is 1.86 bits per heavy atom. The SMILES string of the molecule is Cc1ccccc1CC(C)NCc1cc(Cl)cc(Cl)c1O. The number of benzene rings is 2. The summed E-state index contributed by atoms with van der Waals surface area (Å²) in [7, 11) is 0. The van der Waals surface area contributed by atoms with Crippen molar-refractivity contribution in [2.24, 2.45) is 0 Å². The minimum Gasteiger partial charge on any atom is -0.506 e. The molecule has 0 aliphatic carbocycles. The lowest BCUT2D eigenvalue weighted by atomic mass is 10.0. The zero-order chi connectivity index (χ0) is 15.4. The van der Waals surface area contributed by atoms with Gasteiger partial charge in [-0.3, -0.25) is 0 Å². The third kappa shape index (κ3) is 4.37. The Labute approximate surface area is 135 Å². The van der Waals surface area contributed by atoms with Crippen LogP contribution in [0.1, 0.15) is 23.6 Å². The van der Waals surface area contributed by atoms with Gasteiger partial charge in [0.25, 0.3) is 0 Å². The fourth-order valence-corrected chi connectivity index (χ4v) is 2.81. The maximum Gasteiger partial charge on any atom is 0.138 e. The molecule has 0 fully saturated rings. The summed E-state index contributed by atoms with van der Waals surface area (Å²) in [5.41, 5.74) is 3.33. The summed E-state index contributed by atoms with van der Waals surface area (Å²) >= 11 is 11.9. The molecule has 0 saturated carbocycles. The maximum atomic E-state index is 9.94. The van der Waals surface area contributed by atoms with Crippen LogP contribution in [0.15, 0.2) is 36.4 Å². The van der Waals surface area contributed by atoms with Crippen molar-refractivity contribution in [2.75, 3.05) is 0 Å². The van der Waals surface area contributed by atoms with Gasteiger partial charge in [0, 0.05) is 23.2 Å². The molecular weight excluding hydrogens is 305 g/mol. The van der Waals surface area contributed by atoms with Gasteiger partial charge in [-0.2, -0.15) is 0 Å². The number of nitrogens with one attached hydrogen (secondary N) is 1. The third-order valence-corrected chi connectivity index (χ3v) is 4.04. The Morgan fingerprint density at radius 3 is 2.57 bits per heavy atom. The van der Waals surface area contributed by atoms with Gasteiger partial charge in [-0.15, -0.1) is 0 Å². The van der Waals surface area contributed by atoms with E-state index >= 15 is 0 Å². The summed E-state index contributed by atoms with van der Waals surface area (Å²) in [5.74, 6) is 0.0941. The van der Waals surface area contributed by atoms with E-state index in [0.29, 0.717) is 17.1 Å². The van der Waals surface area contributed by atoms with Gasteiger partial charge in [0.05, 0.1) is 5.02 Å². The predicted molar refractivity (Wildman–Crippen MR) is 89.3 cm³/mol. The van der Waals surface area contributed by atoms with Crippen LogP contribution >= 0.6 is 23.2 Å². The van der Waals surface area contributed by atoms with Gasteiger partial charge in [0.1, 0.15) is 5.75 Å². The first-order chi connectivity index (χ1) is 9.97. The highest BCUT2D eigenvalue weighted by molar-refractivity contribution is 6.35. The molecule has 0 bridgehead atoms. The van der Waals surface area contributed by atoms with E-state index in [2.05, 4.69) is 37.4 Å². The third-order valence-electron chi connectivity index (χ3n) is 3.54. The van der Waals surface area contributed by atoms with Gasteiger partial charge >= 0.3 is 0 Å². The Kier molecular flexibility index (Phi) is 5.51. The lowest BCUT2D eigenvalue weighted by molar-refractivity contribution is 0.459. The highest BCUT2D eigenvalue weighted by Gasteiger charge is 2.10. The summed E-state index contributed by atoms with van der Waals surface area (Å²) in [5, 5.41) is 14.1. The van der Waals surface area contributed by atoms with Crippen molar-refractivity contribution in [3.63, 3.8) is 0 Å². The molecule has 0 amide bonds. The zero-order valence-electron chi connectivity index (χ0n) is 12.2. The van der Waals surface area contributed by atoms with Gasteiger partial charge in [-0.1, -0.05) is 47.5 Å². The summed E-state index contributed by atoms with van der Waals surface area (Å²) in [4.78, 5) is 0. The molecule has 2 N–H and O–H groups in total. The molecule has 2 rings (SSSR count). The molecule has 0 radical (unpaired) electrons. The predicted octanol–water partition coefficient (Wildman–Crippen LogP) is 4.73. The van der Waals surface area contributed by atoms with Crippen LogP contribution in [0, 0.1) is 6.92 Å². The molecule has 1 unspecified atom stereocenters. The molecular formula is C17H19Cl2NO. The van der Waals surface area contributed by atoms with Gasteiger partial charge < -0.3 is 10.4 Å².